The number of amides is 1. The fourth-order valence-corrected chi connectivity index (χ4v) is 3.54. The second kappa shape index (κ2) is 6.65. The van der Waals surface area contributed by atoms with Gasteiger partial charge in [0.05, 0.1) is 23.6 Å². The van der Waals surface area contributed by atoms with Crippen molar-refractivity contribution in [3.8, 4) is 0 Å². The Hall–Kier alpha value is -3.12. The van der Waals surface area contributed by atoms with Crippen molar-refractivity contribution in [2.45, 2.75) is 19.4 Å². The third-order valence-electron chi connectivity index (χ3n) is 4.76. The predicted molar refractivity (Wildman–Crippen MR) is 100 cm³/mol. The van der Waals surface area contributed by atoms with E-state index >= 15 is 0 Å². The zero-order valence-electron chi connectivity index (χ0n) is 14.5. The molecule has 26 heavy (non-hydrogen) atoms. The molecule has 0 bridgehead atoms. The highest BCUT2D eigenvalue weighted by Crippen LogP contribution is 2.39. The number of hydrogen-bond acceptors (Lipinski definition) is 5. The van der Waals surface area contributed by atoms with Crippen LogP contribution in [-0.2, 0) is 16.1 Å². The highest BCUT2D eigenvalue weighted by Gasteiger charge is 2.30. The van der Waals surface area contributed by atoms with Gasteiger partial charge in [0.25, 0.3) is 0 Å². The standard InChI is InChI=1S/C20H20N4O2/c1-23-20-16-9-4-5-10-17(16)24(18(26)11-6-12-25)13-14-7-2-3-8-15(14)19(20)21-22-23/h2-5,7-10,12,21-22H,6,11,13H2,1H3. The van der Waals surface area contributed by atoms with Crippen LogP contribution in [-0.4, -0.2) is 24.2 Å². The summed E-state index contributed by atoms with van der Waals surface area (Å²) in [4.78, 5) is 25.4. The summed E-state index contributed by atoms with van der Waals surface area (Å²) in [7, 11) is 1.94. The fourth-order valence-electron chi connectivity index (χ4n) is 3.54. The van der Waals surface area contributed by atoms with Crippen molar-refractivity contribution in [2.75, 3.05) is 11.9 Å². The van der Waals surface area contributed by atoms with Crippen molar-refractivity contribution in [3.05, 3.63) is 65.2 Å². The number of benzene rings is 2. The van der Waals surface area contributed by atoms with E-state index in [1.807, 2.05) is 54.5 Å². The van der Waals surface area contributed by atoms with E-state index < -0.39 is 0 Å². The van der Waals surface area contributed by atoms with E-state index in [0.717, 1.165) is 40.1 Å². The lowest BCUT2D eigenvalue weighted by Crippen LogP contribution is -2.34. The van der Waals surface area contributed by atoms with Gasteiger partial charge in [0.2, 0.25) is 5.91 Å². The molecule has 132 valence electrons. The van der Waals surface area contributed by atoms with Crippen LogP contribution in [0.15, 0.2) is 48.5 Å². The van der Waals surface area contributed by atoms with Crippen LogP contribution in [0.3, 0.4) is 0 Å². The smallest absolute Gasteiger partial charge is 0.227 e. The lowest BCUT2D eigenvalue weighted by Gasteiger charge is -2.30. The molecule has 2 aliphatic rings. The van der Waals surface area contributed by atoms with Gasteiger partial charge in [-0.15, -0.1) is 5.53 Å². The lowest BCUT2D eigenvalue weighted by molar-refractivity contribution is -0.120. The van der Waals surface area contributed by atoms with Gasteiger partial charge in [0, 0.05) is 31.0 Å². The SMILES string of the molecule is CN1NNC2=C1c1ccccc1N(C(=O)CCC=O)Cc1ccccc12. The summed E-state index contributed by atoms with van der Waals surface area (Å²) in [6, 6.07) is 15.9. The van der Waals surface area contributed by atoms with E-state index in [1.165, 1.54) is 0 Å². The Morgan fingerprint density at radius 1 is 1.12 bits per heavy atom. The van der Waals surface area contributed by atoms with Crippen molar-refractivity contribution < 1.29 is 9.59 Å². The third-order valence-corrected chi connectivity index (χ3v) is 4.76. The van der Waals surface area contributed by atoms with Crippen LogP contribution >= 0.6 is 0 Å². The Morgan fingerprint density at radius 2 is 1.85 bits per heavy atom. The largest absolute Gasteiger partial charge is 0.307 e. The molecule has 2 aliphatic heterocycles. The van der Waals surface area contributed by atoms with Crippen molar-refractivity contribution in [1.29, 1.82) is 0 Å². The molecule has 4 rings (SSSR count). The third kappa shape index (κ3) is 2.64. The van der Waals surface area contributed by atoms with Gasteiger partial charge in [-0.1, -0.05) is 42.5 Å². The van der Waals surface area contributed by atoms with Crippen LogP contribution in [0.4, 0.5) is 5.69 Å². The zero-order chi connectivity index (χ0) is 18.1. The van der Waals surface area contributed by atoms with E-state index in [0.29, 0.717) is 6.54 Å². The lowest BCUT2D eigenvalue weighted by atomic mass is 9.96. The number of aldehydes is 1. The number of hydrazine groups is 2. The number of carbonyl (C=O) groups excluding carboxylic acids is 2. The minimum absolute atomic E-state index is 0.0510. The van der Waals surface area contributed by atoms with Crippen LogP contribution in [0.5, 0.6) is 0 Å². The van der Waals surface area contributed by atoms with Crippen molar-refractivity contribution in [1.82, 2.24) is 16.0 Å². The predicted octanol–water partition coefficient (Wildman–Crippen LogP) is 2.29. The summed E-state index contributed by atoms with van der Waals surface area (Å²) in [5, 5.41) is 1.92. The molecule has 6 heteroatoms. The Labute approximate surface area is 152 Å². The number of para-hydroxylation sites is 1. The maximum atomic E-state index is 12.9. The van der Waals surface area contributed by atoms with Gasteiger partial charge in [-0.3, -0.25) is 9.80 Å². The summed E-state index contributed by atoms with van der Waals surface area (Å²) < 4.78 is 0. The molecule has 6 nitrogen and oxygen atoms in total. The van der Waals surface area contributed by atoms with Gasteiger partial charge < -0.3 is 15.1 Å². The molecular formula is C20H20N4O2. The highest BCUT2D eigenvalue weighted by molar-refractivity contribution is 6.02. The van der Waals surface area contributed by atoms with E-state index in [9.17, 15) is 9.59 Å². The average Bonchev–Trinajstić information content (AvgIpc) is 3.04. The van der Waals surface area contributed by atoms with Crippen LogP contribution in [0.25, 0.3) is 11.4 Å². The highest BCUT2D eigenvalue weighted by atomic mass is 16.2. The maximum absolute atomic E-state index is 12.9. The Morgan fingerprint density at radius 3 is 2.65 bits per heavy atom. The molecule has 2 aromatic rings. The summed E-state index contributed by atoms with van der Waals surface area (Å²) in [5.41, 5.74) is 12.3. The first kappa shape index (κ1) is 16.4. The summed E-state index contributed by atoms with van der Waals surface area (Å²) >= 11 is 0. The Bertz CT molecular complexity index is 906. The van der Waals surface area contributed by atoms with Gasteiger partial charge in [0.15, 0.2) is 0 Å². The van der Waals surface area contributed by atoms with Crippen LogP contribution < -0.4 is 15.9 Å². The number of fused-ring (bicyclic) bond motifs is 4. The quantitative estimate of drug-likeness (QED) is 0.834. The van der Waals surface area contributed by atoms with Gasteiger partial charge in [0.1, 0.15) is 6.29 Å². The minimum atomic E-state index is -0.0510. The first-order chi connectivity index (χ1) is 12.7. The number of carbonyl (C=O) groups is 2. The number of nitrogens with one attached hydrogen (secondary N) is 2. The van der Waals surface area contributed by atoms with Gasteiger partial charge in [-0.05, 0) is 11.6 Å². The Balaban J connectivity index is 1.93. The molecule has 0 unspecified atom stereocenters. The summed E-state index contributed by atoms with van der Waals surface area (Å²) in [6.07, 6.45) is 1.23. The molecular weight excluding hydrogens is 328 g/mol. The zero-order valence-corrected chi connectivity index (χ0v) is 14.5. The molecule has 0 aromatic heterocycles. The van der Waals surface area contributed by atoms with Crippen molar-refractivity contribution >= 4 is 29.3 Å². The topological polar surface area (TPSA) is 64.7 Å². The van der Waals surface area contributed by atoms with Crippen molar-refractivity contribution in [3.63, 3.8) is 0 Å². The van der Waals surface area contributed by atoms with E-state index in [2.05, 4.69) is 17.0 Å². The summed E-state index contributed by atoms with van der Waals surface area (Å²) in [5.74, 6) is -0.0510. The number of rotatable bonds is 3. The summed E-state index contributed by atoms with van der Waals surface area (Å²) in [6.45, 7) is 0.465. The average molecular weight is 348 g/mol. The minimum Gasteiger partial charge on any atom is -0.307 e. The molecule has 0 spiro atoms. The van der Waals surface area contributed by atoms with E-state index in [-0.39, 0.29) is 18.7 Å². The number of anilines is 1. The second-order valence-electron chi connectivity index (χ2n) is 6.38. The normalized spacial score (nSPS) is 15.4. The monoisotopic (exact) mass is 348 g/mol. The van der Waals surface area contributed by atoms with Crippen LogP contribution in [0, 0.1) is 0 Å². The van der Waals surface area contributed by atoms with Gasteiger partial charge >= 0.3 is 0 Å². The fraction of sp³-hybridized carbons (Fsp3) is 0.200. The van der Waals surface area contributed by atoms with Gasteiger partial charge in [-0.2, -0.15) is 0 Å². The number of hydrogen-bond donors (Lipinski definition) is 2. The first-order valence-corrected chi connectivity index (χ1v) is 8.62. The molecule has 2 N–H and O–H groups in total. The van der Waals surface area contributed by atoms with E-state index in [1.54, 1.807) is 4.90 Å². The molecule has 2 heterocycles. The molecule has 0 atom stereocenters. The molecule has 0 aliphatic carbocycles. The molecule has 0 radical (unpaired) electrons. The Kier molecular flexibility index (Phi) is 4.18. The molecule has 0 fully saturated rings. The second-order valence-corrected chi connectivity index (χ2v) is 6.38. The van der Waals surface area contributed by atoms with Crippen molar-refractivity contribution in [2.24, 2.45) is 0 Å². The van der Waals surface area contributed by atoms with Crippen LogP contribution in [0.2, 0.25) is 0 Å². The number of nitrogens with zero attached hydrogens (tertiary/aromatic N) is 2. The maximum Gasteiger partial charge on any atom is 0.227 e. The van der Waals surface area contributed by atoms with Crippen LogP contribution in [0.1, 0.15) is 29.5 Å². The first-order valence-electron chi connectivity index (χ1n) is 8.62. The molecule has 1 amide bonds. The molecule has 0 saturated carbocycles. The molecule has 2 aromatic carbocycles. The van der Waals surface area contributed by atoms with E-state index in [4.69, 9.17) is 0 Å². The van der Waals surface area contributed by atoms with Gasteiger partial charge in [-0.25, -0.2) is 0 Å². The molecule has 0 saturated heterocycles.